The summed E-state index contributed by atoms with van der Waals surface area (Å²) in [6, 6.07) is 7.87. The molecule has 1 aliphatic rings. The zero-order chi connectivity index (χ0) is 18.3. The fourth-order valence-corrected chi connectivity index (χ4v) is 3.79. The standard InChI is InChI=1S/C19H16Cl2FN3O/c20-13-10-14(21)15(22)9-12(13)19(26)23-11-5-6-17-16(8-11)24-18-4-2-1-3-7-25(17)18/h5-6,8-10H,1-4,7H2,(H,23,26). The minimum atomic E-state index is -0.686. The second kappa shape index (κ2) is 6.89. The first-order valence-electron chi connectivity index (χ1n) is 8.48. The number of fused-ring (bicyclic) bond motifs is 3. The van der Waals surface area contributed by atoms with Crippen LogP contribution in [-0.2, 0) is 13.0 Å². The lowest BCUT2D eigenvalue weighted by Crippen LogP contribution is -2.13. The van der Waals surface area contributed by atoms with Crippen LogP contribution >= 0.6 is 23.2 Å². The number of carbonyl (C=O) groups excluding carboxylic acids is 1. The molecule has 0 radical (unpaired) electrons. The van der Waals surface area contributed by atoms with Crippen LogP contribution in [0.5, 0.6) is 0 Å². The number of benzene rings is 2. The van der Waals surface area contributed by atoms with Crippen molar-refractivity contribution < 1.29 is 9.18 Å². The fourth-order valence-electron chi connectivity index (χ4n) is 3.32. The summed E-state index contributed by atoms with van der Waals surface area (Å²) in [4.78, 5) is 17.1. The third kappa shape index (κ3) is 3.17. The number of rotatable bonds is 2. The molecule has 1 N–H and O–H groups in total. The third-order valence-electron chi connectivity index (χ3n) is 4.62. The summed E-state index contributed by atoms with van der Waals surface area (Å²) in [5.74, 6) is -0.0935. The molecule has 26 heavy (non-hydrogen) atoms. The van der Waals surface area contributed by atoms with Gasteiger partial charge in [-0.1, -0.05) is 29.6 Å². The molecule has 3 aromatic rings. The molecular weight excluding hydrogens is 376 g/mol. The number of aryl methyl sites for hydroxylation is 2. The van der Waals surface area contributed by atoms with Crippen LogP contribution in [0, 0.1) is 5.82 Å². The highest BCUT2D eigenvalue weighted by atomic mass is 35.5. The molecule has 0 saturated heterocycles. The van der Waals surface area contributed by atoms with E-state index in [9.17, 15) is 9.18 Å². The fraction of sp³-hybridized carbons (Fsp3) is 0.263. The van der Waals surface area contributed by atoms with Gasteiger partial charge in [0.2, 0.25) is 0 Å². The first-order valence-corrected chi connectivity index (χ1v) is 9.23. The van der Waals surface area contributed by atoms with Crippen molar-refractivity contribution in [2.75, 3.05) is 5.32 Å². The second-order valence-corrected chi connectivity index (χ2v) is 7.21. The van der Waals surface area contributed by atoms with Gasteiger partial charge in [-0.2, -0.15) is 0 Å². The van der Waals surface area contributed by atoms with Crippen LogP contribution < -0.4 is 5.32 Å². The zero-order valence-corrected chi connectivity index (χ0v) is 15.4. The number of halogens is 3. The molecule has 0 spiro atoms. The number of hydrogen-bond acceptors (Lipinski definition) is 2. The molecule has 0 unspecified atom stereocenters. The van der Waals surface area contributed by atoms with Gasteiger partial charge in [0.25, 0.3) is 5.91 Å². The molecule has 1 amide bonds. The molecule has 1 aliphatic heterocycles. The van der Waals surface area contributed by atoms with Crippen molar-refractivity contribution in [1.29, 1.82) is 0 Å². The smallest absolute Gasteiger partial charge is 0.257 e. The van der Waals surface area contributed by atoms with E-state index in [1.807, 2.05) is 18.2 Å². The molecular formula is C19H16Cl2FN3O. The number of hydrogen-bond donors (Lipinski definition) is 1. The molecule has 0 aliphatic carbocycles. The summed E-state index contributed by atoms with van der Waals surface area (Å²) in [6.07, 6.45) is 4.48. The van der Waals surface area contributed by atoms with Gasteiger partial charge < -0.3 is 9.88 Å². The van der Waals surface area contributed by atoms with Crippen molar-refractivity contribution >= 4 is 45.8 Å². The van der Waals surface area contributed by atoms with E-state index in [2.05, 4.69) is 9.88 Å². The van der Waals surface area contributed by atoms with Crippen LogP contribution in [0.3, 0.4) is 0 Å². The lowest BCUT2D eigenvalue weighted by Gasteiger charge is -2.08. The van der Waals surface area contributed by atoms with Crippen LogP contribution in [0.25, 0.3) is 11.0 Å². The van der Waals surface area contributed by atoms with Crippen molar-refractivity contribution in [3.8, 4) is 0 Å². The van der Waals surface area contributed by atoms with Gasteiger partial charge in [0.1, 0.15) is 11.6 Å². The van der Waals surface area contributed by atoms with Crippen LogP contribution in [0.15, 0.2) is 30.3 Å². The molecule has 0 bridgehead atoms. The van der Waals surface area contributed by atoms with Gasteiger partial charge in [-0.25, -0.2) is 9.37 Å². The first-order chi connectivity index (χ1) is 12.5. The molecule has 0 saturated carbocycles. The summed E-state index contributed by atoms with van der Waals surface area (Å²) in [6.45, 7) is 0.969. The van der Waals surface area contributed by atoms with Gasteiger partial charge in [-0.05, 0) is 43.2 Å². The maximum Gasteiger partial charge on any atom is 0.257 e. The maximum absolute atomic E-state index is 13.6. The van der Waals surface area contributed by atoms with Crippen LogP contribution in [0.4, 0.5) is 10.1 Å². The Bertz CT molecular complexity index is 1020. The second-order valence-electron chi connectivity index (χ2n) is 6.39. The van der Waals surface area contributed by atoms with Crippen LogP contribution in [0.1, 0.15) is 35.4 Å². The highest BCUT2D eigenvalue weighted by Gasteiger charge is 2.17. The molecule has 4 rings (SSSR count). The maximum atomic E-state index is 13.6. The predicted molar refractivity (Wildman–Crippen MR) is 102 cm³/mol. The minimum absolute atomic E-state index is 0.0364. The Kier molecular flexibility index (Phi) is 4.59. The average Bonchev–Trinajstić information content (AvgIpc) is 2.78. The van der Waals surface area contributed by atoms with E-state index in [0.29, 0.717) is 5.69 Å². The molecule has 4 nitrogen and oxygen atoms in total. The van der Waals surface area contributed by atoms with E-state index in [1.54, 1.807) is 0 Å². The van der Waals surface area contributed by atoms with Gasteiger partial charge in [0, 0.05) is 18.7 Å². The van der Waals surface area contributed by atoms with Crippen molar-refractivity contribution in [1.82, 2.24) is 9.55 Å². The Morgan fingerprint density at radius 2 is 1.96 bits per heavy atom. The number of anilines is 1. The van der Waals surface area contributed by atoms with Crippen LogP contribution in [-0.4, -0.2) is 15.5 Å². The minimum Gasteiger partial charge on any atom is -0.328 e. The molecule has 0 fully saturated rings. The molecule has 2 heterocycles. The SMILES string of the molecule is O=C(Nc1ccc2c(c1)nc1n2CCCCC1)c1cc(F)c(Cl)cc1Cl. The summed E-state index contributed by atoms with van der Waals surface area (Å²) in [5.41, 5.74) is 2.53. The molecule has 7 heteroatoms. The van der Waals surface area contributed by atoms with Crippen molar-refractivity contribution in [3.05, 3.63) is 57.6 Å². The number of amides is 1. The lowest BCUT2D eigenvalue weighted by atomic mass is 10.2. The van der Waals surface area contributed by atoms with E-state index < -0.39 is 11.7 Å². The Morgan fingerprint density at radius 3 is 2.81 bits per heavy atom. The normalized spacial score (nSPS) is 14.1. The largest absolute Gasteiger partial charge is 0.328 e. The van der Waals surface area contributed by atoms with Crippen molar-refractivity contribution in [2.45, 2.75) is 32.2 Å². The van der Waals surface area contributed by atoms with Gasteiger partial charge >= 0.3 is 0 Å². The quantitative estimate of drug-likeness (QED) is 0.589. The summed E-state index contributed by atoms with van der Waals surface area (Å²) >= 11 is 11.7. The van der Waals surface area contributed by atoms with Crippen LogP contribution in [0.2, 0.25) is 10.0 Å². The number of nitrogens with one attached hydrogen (secondary N) is 1. The third-order valence-corrected chi connectivity index (χ3v) is 5.22. The lowest BCUT2D eigenvalue weighted by molar-refractivity contribution is 0.102. The van der Waals surface area contributed by atoms with Gasteiger partial charge in [0.05, 0.1) is 26.6 Å². The number of imidazole rings is 1. The molecule has 2 aromatic carbocycles. The topological polar surface area (TPSA) is 46.9 Å². The first kappa shape index (κ1) is 17.3. The Morgan fingerprint density at radius 1 is 1.12 bits per heavy atom. The van der Waals surface area contributed by atoms with Crippen molar-refractivity contribution in [2.24, 2.45) is 0 Å². The summed E-state index contributed by atoms with van der Waals surface area (Å²) in [5, 5.41) is 2.73. The van der Waals surface area contributed by atoms with Gasteiger partial charge in [-0.15, -0.1) is 0 Å². The van der Waals surface area contributed by atoms with E-state index in [4.69, 9.17) is 28.2 Å². The summed E-state index contributed by atoms with van der Waals surface area (Å²) in [7, 11) is 0. The van der Waals surface area contributed by atoms with E-state index in [-0.39, 0.29) is 15.6 Å². The molecule has 134 valence electrons. The Balaban J connectivity index is 1.63. The average molecular weight is 392 g/mol. The predicted octanol–water partition coefficient (Wildman–Crippen LogP) is 5.46. The highest BCUT2D eigenvalue weighted by Crippen LogP contribution is 2.27. The number of carbonyl (C=O) groups is 1. The summed E-state index contributed by atoms with van der Waals surface area (Å²) < 4.78 is 15.9. The van der Waals surface area contributed by atoms with E-state index >= 15 is 0 Å². The molecule has 0 atom stereocenters. The van der Waals surface area contributed by atoms with Crippen molar-refractivity contribution in [3.63, 3.8) is 0 Å². The zero-order valence-electron chi connectivity index (χ0n) is 13.9. The number of nitrogens with zero attached hydrogens (tertiary/aromatic N) is 2. The number of aromatic nitrogens is 2. The van der Waals surface area contributed by atoms with E-state index in [1.165, 1.54) is 12.5 Å². The van der Waals surface area contributed by atoms with E-state index in [0.717, 1.165) is 48.7 Å². The van der Waals surface area contributed by atoms with Gasteiger partial charge in [0.15, 0.2) is 0 Å². The Hall–Kier alpha value is -2.11. The monoisotopic (exact) mass is 391 g/mol. The Labute approximate surface area is 159 Å². The molecule has 1 aromatic heterocycles. The highest BCUT2D eigenvalue weighted by molar-refractivity contribution is 6.37. The van der Waals surface area contributed by atoms with Gasteiger partial charge in [-0.3, -0.25) is 4.79 Å².